The fraction of sp³-hybridized carbons (Fsp3) is 0.857. The summed E-state index contributed by atoms with van der Waals surface area (Å²) in [6.45, 7) is 0.619. The quantitative estimate of drug-likeness (QED) is 0.439. The number of aliphatic hydroxyl groups is 3. The van der Waals surface area contributed by atoms with E-state index in [1.807, 2.05) is 0 Å². The third-order valence-corrected chi connectivity index (χ3v) is 2.53. The Bertz CT molecular complexity index is 136. The van der Waals surface area contributed by atoms with Gasteiger partial charge in [0.05, 0.1) is 36.7 Å². The maximum Gasteiger partial charge on any atom is 0.0903 e. The highest BCUT2D eigenvalue weighted by molar-refractivity contribution is 8.23. The van der Waals surface area contributed by atoms with Crippen LogP contribution in [0.25, 0.3) is 0 Å². The summed E-state index contributed by atoms with van der Waals surface area (Å²) in [6, 6.07) is 0. The van der Waals surface area contributed by atoms with E-state index in [0.717, 1.165) is 12.4 Å². The van der Waals surface area contributed by atoms with Crippen molar-refractivity contribution < 1.29 is 20.1 Å². The summed E-state index contributed by atoms with van der Waals surface area (Å²) in [7, 11) is 0. The van der Waals surface area contributed by atoms with Crippen LogP contribution in [-0.4, -0.2) is 57.8 Å². The molecule has 1 heterocycles. The Labute approximate surface area is 86.9 Å². The number of aliphatic hydroxyl groups excluding tert-OH is 3. The lowest BCUT2D eigenvalue weighted by atomic mass is 10.6. The minimum atomic E-state index is -0.125. The minimum absolute atomic E-state index is 0.00667. The van der Waals surface area contributed by atoms with Gasteiger partial charge in [0.1, 0.15) is 0 Å². The van der Waals surface area contributed by atoms with Gasteiger partial charge in [-0.25, -0.2) is 0 Å². The van der Waals surface area contributed by atoms with Crippen LogP contribution in [0.1, 0.15) is 0 Å². The van der Waals surface area contributed by atoms with Gasteiger partial charge >= 0.3 is 0 Å². The molecule has 0 aromatic rings. The largest absolute Gasteiger partial charge is 0.394 e. The first kappa shape index (κ1) is 13.3. The van der Waals surface area contributed by atoms with Gasteiger partial charge in [-0.05, 0) is 0 Å². The van der Waals surface area contributed by atoms with Gasteiger partial charge in [-0.3, -0.25) is 0 Å². The van der Waals surface area contributed by atoms with Crippen LogP contribution >= 0.6 is 24.0 Å². The second-order valence-electron chi connectivity index (χ2n) is 2.24. The van der Waals surface area contributed by atoms with Crippen molar-refractivity contribution >= 4 is 28.2 Å². The van der Waals surface area contributed by atoms with Gasteiger partial charge in [0, 0.05) is 5.75 Å². The van der Waals surface area contributed by atoms with Gasteiger partial charge < -0.3 is 20.1 Å². The van der Waals surface area contributed by atoms with E-state index in [4.69, 9.17) is 32.3 Å². The van der Waals surface area contributed by atoms with Crippen molar-refractivity contribution in [1.82, 2.24) is 0 Å². The second-order valence-corrected chi connectivity index (χ2v) is 4.11. The highest BCUT2D eigenvalue weighted by Gasteiger charge is 2.22. The lowest BCUT2D eigenvalue weighted by molar-refractivity contribution is 0.186. The molecule has 1 fully saturated rings. The molecule has 13 heavy (non-hydrogen) atoms. The fourth-order valence-electron chi connectivity index (χ4n) is 0.396. The van der Waals surface area contributed by atoms with Crippen molar-refractivity contribution in [2.24, 2.45) is 0 Å². The van der Waals surface area contributed by atoms with Crippen LogP contribution in [0.4, 0.5) is 0 Å². The summed E-state index contributed by atoms with van der Waals surface area (Å²) in [5, 5.41) is 23.7. The molecule has 1 unspecified atom stereocenters. The molecule has 1 saturated heterocycles. The Balaban J connectivity index is 0.000000310. The number of epoxide rings is 1. The number of rotatable bonds is 4. The fourth-order valence-corrected chi connectivity index (χ4v) is 1.26. The molecule has 0 radical (unpaired) electrons. The highest BCUT2D eigenvalue weighted by Crippen LogP contribution is 2.16. The average Bonchev–Trinajstić information content (AvgIpc) is 2.98. The first-order valence-corrected chi connectivity index (χ1v) is 5.23. The van der Waals surface area contributed by atoms with E-state index in [9.17, 15) is 0 Å². The first-order chi connectivity index (χ1) is 6.24. The van der Waals surface area contributed by atoms with Crippen molar-refractivity contribution in [3.05, 3.63) is 0 Å². The van der Waals surface area contributed by atoms with Crippen LogP contribution in [0, 0.1) is 0 Å². The van der Waals surface area contributed by atoms with Crippen molar-refractivity contribution in [1.29, 1.82) is 0 Å². The number of thiocarbonyl (C=S) groups is 1. The van der Waals surface area contributed by atoms with Crippen LogP contribution in [0.5, 0.6) is 0 Å². The van der Waals surface area contributed by atoms with Crippen molar-refractivity contribution in [2.45, 2.75) is 6.10 Å². The zero-order valence-electron chi connectivity index (χ0n) is 7.18. The normalized spacial score (nSPS) is 18.8. The molecule has 1 aliphatic heterocycles. The summed E-state index contributed by atoms with van der Waals surface area (Å²) >= 11 is 6.26. The minimum Gasteiger partial charge on any atom is -0.394 e. The summed E-state index contributed by atoms with van der Waals surface area (Å²) in [5.41, 5.74) is 0. The van der Waals surface area contributed by atoms with Gasteiger partial charge in [-0.2, -0.15) is 0 Å². The van der Waals surface area contributed by atoms with E-state index >= 15 is 0 Å². The Morgan fingerprint density at radius 3 is 2.23 bits per heavy atom. The first-order valence-electron chi connectivity index (χ1n) is 3.84. The molecular weight excluding hydrogens is 212 g/mol. The van der Waals surface area contributed by atoms with E-state index in [-0.39, 0.29) is 19.8 Å². The van der Waals surface area contributed by atoms with E-state index in [2.05, 4.69) is 0 Å². The van der Waals surface area contributed by atoms with E-state index in [1.54, 1.807) is 0 Å². The summed E-state index contributed by atoms with van der Waals surface area (Å²) in [6.07, 6.45) is 0.402. The predicted molar refractivity (Wildman–Crippen MR) is 56.1 cm³/mol. The number of hydrogen-bond donors (Lipinski definition) is 3. The Hall–Kier alpha value is 0.280. The Kier molecular flexibility index (Phi) is 9.05. The van der Waals surface area contributed by atoms with Crippen LogP contribution in [-0.2, 0) is 4.74 Å². The number of ether oxygens (including phenoxy) is 1. The van der Waals surface area contributed by atoms with Gasteiger partial charge in [0.15, 0.2) is 0 Å². The van der Waals surface area contributed by atoms with Gasteiger partial charge in [-0.1, -0.05) is 12.2 Å². The van der Waals surface area contributed by atoms with Gasteiger partial charge in [0.2, 0.25) is 0 Å². The molecule has 1 atom stereocenters. The molecule has 0 aromatic heterocycles. The van der Waals surface area contributed by atoms with E-state index < -0.39 is 0 Å². The molecule has 0 saturated carbocycles. The third-order valence-electron chi connectivity index (χ3n) is 1.06. The molecule has 1 aliphatic rings. The van der Waals surface area contributed by atoms with Gasteiger partial charge in [0.25, 0.3) is 0 Å². The van der Waals surface area contributed by atoms with Gasteiger partial charge in [-0.15, -0.1) is 11.8 Å². The highest BCUT2D eigenvalue weighted by atomic mass is 32.2. The molecule has 0 bridgehead atoms. The lowest BCUT2D eigenvalue weighted by Gasteiger charge is -1.94. The predicted octanol–water partition coefficient (Wildman–Crippen LogP) is -0.591. The molecular formula is C7H14O4S2. The monoisotopic (exact) mass is 226 g/mol. The molecule has 0 amide bonds. The van der Waals surface area contributed by atoms with Crippen molar-refractivity contribution in [3.8, 4) is 0 Å². The van der Waals surface area contributed by atoms with Crippen molar-refractivity contribution in [2.75, 3.05) is 32.2 Å². The molecule has 3 N–H and O–H groups in total. The summed E-state index contributed by atoms with van der Waals surface area (Å²) in [5.74, 6) is 0.902. The molecule has 0 aromatic carbocycles. The Morgan fingerprint density at radius 2 is 1.92 bits per heavy atom. The van der Waals surface area contributed by atoms with Crippen molar-refractivity contribution in [3.63, 3.8) is 0 Å². The smallest absolute Gasteiger partial charge is 0.0903 e. The maximum absolute atomic E-state index is 8.47. The van der Waals surface area contributed by atoms with Crippen LogP contribution < -0.4 is 0 Å². The lowest BCUT2D eigenvalue weighted by Crippen LogP contribution is -1.99. The standard InChI is InChI=1S/C5H8O2S2.C2H6O2/c6-1-5(8)9-3-4-2-7-4;3-1-2-4/h4,6H,1-3H2;3-4H,1-2H2. The molecule has 1 rings (SSSR count). The SMILES string of the molecule is OCC(=S)SCC1CO1.OCCO. The zero-order chi connectivity index (χ0) is 10.1. The molecule has 0 aliphatic carbocycles. The Morgan fingerprint density at radius 1 is 1.38 bits per heavy atom. The van der Waals surface area contributed by atoms with Crippen LogP contribution in [0.2, 0.25) is 0 Å². The molecule has 4 nitrogen and oxygen atoms in total. The number of thioether (sulfide) groups is 1. The van der Waals surface area contributed by atoms with Crippen LogP contribution in [0.15, 0.2) is 0 Å². The zero-order valence-corrected chi connectivity index (χ0v) is 8.81. The molecule has 0 spiro atoms. The van der Waals surface area contributed by atoms with E-state index in [1.165, 1.54) is 11.8 Å². The maximum atomic E-state index is 8.47. The van der Waals surface area contributed by atoms with E-state index in [0.29, 0.717) is 10.3 Å². The topological polar surface area (TPSA) is 73.2 Å². The second kappa shape index (κ2) is 8.86. The summed E-state index contributed by atoms with van der Waals surface area (Å²) < 4.78 is 5.60. The molecule has 6 heteroatoms. The summed E-state index contributed by atoms with van der Waals surface area (Å²) in [4.78, 5) is 0. The van der Waals surface area contributed by atoms with Crippen LogP contribution in [0.3, 0.4) is 0 Å². The number of hydrogen-bond acceptors (Lipinski definition) is 6. The molecule has 78 valence electrons. The third kappa shape index (κ3) is 10.2. The average molecular weight is 226 g/mol.